The van der Waals surface area contributed by atoms with E-state index in [1.54, 1.807) is 25.1 Å². The summed E-state index contributed by atoms with van der Waals surface area (Å²) in [5.41, 5.74) is 0.866. The lowest BCUT2D eigenvalue weighted by Gasteiger charge is -2.09. The lowest BCUT2D eigenvalue weighted by molar-refractivity contribution is 0.0695. The summed E-state index contributed by atoms with van der Waals surface area (Å²) in [5.74, 6) is -0.391. The molecule has 0 heterocycles. The van der Waals surface area contributed by atoms with Gasteiger partial charge >= 0.3 is 5.97 Å². The molecular formula is C12H13NO3. The molecular weight excluding hydrogens is 206 g/mol. The molecule has 0 radical (unpaired) electrons. The molecule has 0 amide bonds. The molecule has 1 aromatic rings. The molecule has 0 saturated carbocycles. The van der Waals surface area contributed by atoms with Gasteiger partial charge in [0.25, 0.3) is 0 Å². The van der Waals surface area contributed by atoms with E-state index in [-0.39, 0.29) is 5.56 Å². The Bertz CT molecular complexity index is 421. The van der Waals surface area contributed by atoms with Gasteiger partial charge in [-0.25, -0.2) is 4.79 Å². The maximum absolute atomic E-state index is 10.9. The first-order chi connectivity index (χ1) is 7.66. The first kappa shape index (κ1) is 12.1. The van der Waals surface area contributed by atoms with Crippen molar-refractivity contribution < 1.29 is 14.6 Å². The number of hydrogen-bond acceptors (Lipinski definition) is 3. The van der Waals surface area contributed by atoms with Crippen molar-refractivity contribution >= 4 is 5.97 Å². The van der Waals surface area contributed by atoms with Gasteiger partial charge in [-0.15, -0.1) is 0 Å². The number of carbonyl (C=O) groups is 1. The molecule has 84 valence electrons. The Kier molecular flexibility index (Phi) is 4.34. The minimum Gasteiger partial charge on any atom is -0.493 e. The Labute approximate surface area is 94.1 Å². The van der Waals surface area contributed by atoms with Crippen molar-refractivity contribution in [2.45, 2.75) is 19.8 Å². The number of carboxylic acids is 1. The smallest absolute Gasteiger partial charge is 0.336 e. The highest BCUT2D eigenvalue weighted by Gasteiger charge is 2.10. The van der Waals surface area contributed by atoms with Crippen LogP contribution in [-0.2, 0) is 0 Å². The third-order valence-electron chi connectivity index (χ3n) is 2.20. The fourth-order valence-corrected chi connectivity index (χ4v) is 1.34. The van der Waals surface area contributed by atoms with E-state index in [1.807, 2.05) is 6.07 Å². The van der Waals surface area contributed by atoms with Crippen LogP contribution in [0.15, 0.2) is 18.2 Å². The molecule has 0 unspecified atom stereocenters. The monoisotopic (exact) mass is 219 g/mol. The topological polar surface area (TPSA) is 70.3 Å². The molecule has 0 fully saturated rings. The van der Waals surface area contributed by atoms with E-state index in [0.29, 0.717) is 30.8 Å². The highest BCUT2D eigenvalue weighted by atomic mass is 16.5. The predicted octanol–water partition coefficient (Wildman–Crippen LogP) is 2.38. The fourth-order valence-electron chi connectivity index (χ4n) is 1.34. The Balaban J connectivity index is 2.70. The molecule has 0 aliphatic heterocycles. The molecule has 0 aliphatic rings. The van der Waals surface area contributed by atoms with Gasteiger partial charge < -0.3 is 9.84 Å². The van der Waals surface area contributed by atoms with Gasteiger partial charge in [-0.05, 0) is 25.5 Å². The van der Waals surface area contributed by atoms with Gasteiger partial charge in [0, 0.05) is 12.0 Å². The number of nitrogens with zero attached hydrogens (tertiary/aromatic N) is 1. The summed E-state index contributed by atoms with van der Waals surface area (Å²) in [6.07, 6.45) is 1.09. The quantitative estimate of drug-likeness (QED) is 0.772. The summed E-state index contributed by atoms with van der Waals surface area (Å²) in [6, 6.07) is 6.94. The van der Waals surface area contributed by atoms with Crippen molar-refractivity contribution in [1.29, 1.82) is 5.26 Å². The molecule has 0 aromatic heterocycles. The minimum absolute atomic E-state index is 0.248. The molecule has 1 rings (SSSR count). The van der Waals surface area contributed by atoms with Crippen LogP contribution >= 0.6 is 0 Å². The first-order valence-electron chi connectivity index (χ1n) is 4.99. The Morgan fingerprint density at radius 2 is 2.31 bits per heavy atom. The second-order valence-corrected chi connectivity index (χ2v) is 3.34. The molecule has 4 heteroatoms. The molecule has 0 spiro atoms. The minimum atomic E-state index is -0.958. The molecule has 0 saturated heterocycles. The second kappa shape index (κ2) is 5.76. The number of benzene rings is 1. The lowest BCUT2D eigenvalue weighted by atomic mass is 10.1. The van der Waals surface area contributed by atoms with E-state index in [4.69, 9.17) is 15.1 Å². The van der Waals surface area contributed by atoms with E-state index < -0.39 is 5.97 Å². The van der Waals surface area contributed by atoms with Gasteiger partial charge in [-0.2, -0.15) is 5.26 Å². The number of rotatable bonds is 5. The van der Waals surface area contributed by atoms with Crippen molar-refractivity contribution in [3.8, 4) is 11.8 Å². The summed E-state index contributed by atoms with van der Waals surface area (Å²) >= 11 is 0. The third-order valence-corrected chi connectivity index (χ3v) is 2.20. The molecule has 1 aromatic carbocycles. The zero-order valence-electron chi connectivity index (χ0n) is 9.06. The van der Waals surface area contributed by atoms with Crippen LogP contribution in [0.5, 0.6) is 5.75 Å². The van der Waals surface area contributed by atoms with Gasteiger partial charge in [-0.3, -0.25) is 0 Å². The number of aromatic carboxylic acids is 1. The summed E-state index contributed by atoms with van der Waals surface area (Å²) in [4.78, 5) is 10.9. The van der Waals surface area contributed by atoms with E-state index in [2.05, 4.69) is 0 Å². The van der Waals surface area contributed by atoms with E-state index in [9.17, 15) is 4.79 Å². The summed E-state index contributed by atoms with van der Waals surface area (Å²) < 4.78 is 5.42. The molecule has 4 nitrogen and oxygen atoms in total. The molecule has 1 N–H and O–H groups in total. The van der Waals surface area contributed by atoms with Crippen LogP contribution in [0.25, 0.3) is 0 Å². The predicted molar refractivity (Wildman–Crippen MR) is 58.5 cm³/mol. The fraction of sp³-hybridized carbons (Fsp3) is 0.333. The van der Waals surface area contributed by atoms with E-state index in [1.165, 1.54) is 0 Å². The number of unbranched alkanes of at least 4 members (excludes halogenated alkanes) is 1. The number of ether oxygens (including phenoxy) is 1. The van der Waals surface area contributed by atoms with Gasteiger partial charge in [-0.1, -0.05) is 6.07 Å². The van der Waals surface area contributed by atoms with Crippen LogP contribution in [0.1, 0.15) is 28.8 Å². The van der Waals surface area contributed by atoms with Gasteiger partial charge in [0.15, 0.2) is 0 Å². The van der Waals surface area contributed by atoms with Crippen molar-refractivity contribution in [3.63, 3.8) is 0 Å². The van der Waals surface area contributed by atoms with Gasteiger partial charge in [0.05, 0.1) is 18.2 Å². The Hall–Kier alpha value is -2.02. The van der Waals surface area contributed by atoms with Crippen LogP contribution in [0.2, 0.25) is 0 Å². The maximum Gasteiger partial charge on any atom is 0.336 e. The van der Waals surface area contributed by atoms with Crippen LogP contribution < -0.4 is 4.74 Å². The van der Waals surface area contributed by atoms with Crippen molar-refractivity contribution in [2.75, 3.05) is 6.61 Å². The van der Waals surface area contributed by atoms with Gasteiger partial charge in [0.1, 0.15) is 5.75 Å². The van der Waals surface area contributed by atoms with Crippen molar-refractivity contribution in [1.82, 2.24) is 0 Å². The van der Waals surface area contributed by atoms with Crippen molar-refractivity contribution in [2.24, 2.45) is 0 Å². The average Bonchev–Trinajstić information content (AvgIpc) is 2.26. The van der Waals surface area contributed by atoms with Crippen molar-refractivity contribution in [3.05, 3.63) is 29.3 Å². The SMILES string of the molecule is Cc1c(OCCCC#N)cccc1C(=O)O. The lowest BCUT2D eigenvalue weighted by Crippen LogP contribution is -2.04. The number of carboxylic acid groups (broad SMARTS) is 1. The summed E-state index contributed by atoms with van der Waals surface area (Å²) in [5, 5.41) is 17.3. The molecule has 16 heavy (non-hydrogen) atoms. The standard InChI is InChI=1S/C12H13NO3/c1-9-10(12(14)15)5-4-6-11(9)16-8-3-2-7-13/h4-6H,2-3,8H2,1H3,(H,14,15). The summed E-state index contributed by atoms with van der Waals surface area (Å²) in [7, 11) is 0. The van der Waals surface area contributed by atoms with Crippen LogP contribution in [0.3, 0.4) is 0 Å². The third kappa shape index (κ3) is 2.99. The Morgan fingerprint density at radius 3 is 2.94 bits per heavy atom. The molecule has 0 bridgehead atoms. The first-order valence-corrected chi connectivity index (χ1v) is 4.99. The largest absolute Gasteiger partial charge is 0.493 e. The average molecular weight is 219 g/mol. The Morgan fingerprint density at radius 1 is 1.56 bits per heavy atom. The normalized spacial score (nSPS) is 9.50. The zero-order chi connectivity index (χ0) is 12.0. The highest BCUT2D eigenvalue weighted by molar-refractivity contribution is 5.90. The maximum atomic E-state index is 10.9. The van der Waals surface area contributed by atoms with Crippen LogP contribution in [0.4, 0.5) is 0 Å². The highest BCUT2D eigenvalue weighted by Crippen LogP contribution is 2.21. The molecule has 0 aliphatic carbocycles. The zero-order valence-corrected chi connectivity index (χ0v) is 9.06. The second-order valence-electron chi connectivity index (χ2n) is 3.34. The van der Waals surface area contributed by atoms with E-state index >= 15 is 0 Å². The summed E-state index contributed by atoms with van der Waals surface area (Å²) in [6.45, 7) is 2.14. The number of hydrogen-bond donors (Lipinski definition) is 1. The van der Waals surface area contributed by atoms with Crippen LogP contribution in [0, 0.1) is 18.3 Å². The van der Waals surface area contributed by atoms with Gasteiger partial charge in [0.2, 0.25) is 0 Å². The van der Waals surface area contributed by atoms with Crippen LogP contribution in [-0.4, -0.2) is 17.7 Å². The van der Waals surface area contributed by atoms with E-state index in [0.717, 1.165) is 0 Å². The number of nitriles is 1. The molecule has 0 atom stereocenters.